The van der Waals surface area contributed by atoms with E-state index in [0.717, 1.165) is 11.3 Å². The zero-order valence-corrected chi connectivity index (χ0v) is 16.7. The smallest absolute Gasteiger partial charge is 0.325 e. The van der Waals surface area contributed by atoms with Crippen LogP contribution in [0.1, 0.15) is 17.4 Å². The number of nitrogens with zero attached hydrogens (tertiary/aromatic N) is 4. The lowest BCUT2D eigenvalue weighted by atomic mass is 10.3. The average molecular weight is 423 g/mol. The molecular weight excluding hydrogens is 406 g/mol. The fourth-order valence-electron chi connectivity index (χ4n) is 2.57. The van der Waals surface area contributed by atoms with Crippen molar-refractivity contribution in [1.82, 2.24) is 14.3 Å². The van der Waals surface area contributed by atoms with Gasteiger partial charge in [0.25, 0.3) is 5.91 Å². The minimum absolute atomic E-state index is 0.0756. The van der Waals surface area contributed by atoms with Crippen molar-refractivity contribution in [2.45, 2.75) is 24.9 Å². The number of carbonyl (C=O) groups excluding carboxylic acids is 2. The first-order chi connectivity index (χ1) is 13.2. The minimum Gasteiger partial charge on any atom is -0.468 e. The van der Waals surface area contributed by atoms with Gasteiger partial charge in [0.2, 0.25) is 10.0 Å². The number of sulfonamides is 1. The standard InChI is InChI=1S/C16H17N5O5S2/c1-3-21-12(6-7-18-21)15(23)19-16-20(9-14(22)26-2)11-5-4-10(28(17,24)25)8-13(11)27-16/h4-8H,3,9H2,1-2H3,(H2,17,24,25). The van der Waals surface area contributed by atoms with Gasteiger partial charge in [0.1, 0.15) is 12.2 Å². The van der Waals surface area contributed by atoms with Crippen LogP contribution >= 0.6 is 11.3 Å². The topological polar surface area (TPSA) is 139 Å². The Morgan fingerprint density at radius 2 is 2.07 bits per heavy atom. The van der Waals surface area contributed by atoms with Crippen molar-refractivity contribution in [1.29, 1.82) is 0 Å². The van der Waals surface area contributed by atoms with Crippen molar-refractivity contribution >= 4 is 43.5 Å². The highest BCUT2D eigenvalue weighted by Gasteiger charge is 2.16. The summed E-state index contributed by atoms with van der Waals surface area (Å²) in [5, 5.41) is 9.22. The van der Waals surface area contributed by atoms with E-state index in [1.807, 2.05) is 6.92 Å². The molecule has 3 rings (SSSR count). The van der Waals surface area contributed by atoms with E-state index in [2.05, 4.69) is 10.1 Å². The highest BCUT2D eigenvalue weighted by molar-refractivity contribution is 7.89. The molecule has 0 unspecified atom stereocenters. The summed E-state index contributed by atoms with van der Waals surface area (Å²) < 4.78 is 31.4. The lowest BCUT2D eigenvalue weighted by Gasteiger charge is -2.04. The second-order valence-electron chi connectivity index (χ2n) is 5.67. The van der Waals surface area contributed by atoms with Crippen LogP contribution in [0.15, 0.2) is 40.4 Å². The van der Waals surface area contributed by atoms with Crippen LogP contribution in [0.2, 0.25) is 0 Å². The Kier molecular flexibility index (Phi) is 5.45. The number of aryl methyl sites for hydroxylation is 1. The van der Waals surface area contributed by atoms with Crippen LogP contribution in [0, 0.1) is 0 Å². The Morgan fingerprint density at radius 1 is 1.32 bits per heavy atom. The maximum Gasteiger partial charge on any atom is 0.325 e. The molecule has 0 atom stereocenters. The SMILES string of the molecule is CCn1nccc1C(=O)N=c1sc2cc(S(N)(=O)=O)ccc2n1CC(=O)OC. The van der Waals surface area contributed by atoms with Gasteiger partial charge in [0, 0.05) is 12.7 Å². The average Bonchev–Trinajstić information content (AvgIpc) is 3.25. The summed E-state index contributed by atoms with van der Waals surface area (Å²) in [7, 11) is -2.65. The molecule has 0 radical (unpaired) electrons. The highest BCUT2D eigenvalue weighted by Crippen LogP contribution is 2.21. The number of benzene rings is 1. The van der Waals surface area contributed by atoms with E-state index < -0.39 is 21.9 Å². The minimum atomic E-state index is -3.90. The third kappa shape index (κ3) is 3.88. The number of esters is 1. The number of carbonyl (C=O) groups is 2. The molecule has 3 aromatic rings. The van der Waals surface area contributed by atoms with Crippen LogP contribution in [0.3, 0.4) is 0 Å². The lowest BCUT2D eigenvalue weighted by Crippen LogP contribution is -2.23. The van der Waals surface area contributed by atoms with Gasteiger partial charge in [-0.05, 0) is 31.2 Å². The van der Waals surface area contributed by atoms with E-state index in [1.54, 1.807) is 6.07 Å². The van der Waals surface area contributed by atoms with Crippen LogP contribution in [-0.2, 0) is 32.6 Å². The van der Waals surface area contributed by atoms with Gasteiger partial charge in [0.05, 0.1) is 22.2 Å². The molecule has 2 aromatic heterocycles. The Morgan fingerprint density at radius 3 is 2.71 bits per heavy atom. The number of fused-ring (bicyclic) bond motifs is 1. The van der Waals surface area contributed by atoms with E-state index in [-0.39, 0.29) is 16.2 Å². The summed E-state index contributed by atoms with van der Waals surface area (Å²) in [6.07, 6.45) is 1.50. The van der Waals surface area contributed by atoms with Gasteiger partial charge in [-0.1, -0.05) is 11.3 Å². The van der Waals surface area contributed by atoms with E-state index in [1.165, 1.54) is 40.8 Å². The Hall–Kier alpha value is -2.83. The third-order valence-electron chi connectivity index (χ3n) is 3.93. The molecule has 0 aliphatic carbocycles. The first kappa shape index (κ1) is 19.9. The number of primary sulfonamides is 1. The second kappa shape index (κ2) is 7.66. The molecule has 0 aliphatic heterocycles. The molecule has 0 fully saturated rings. The number of aromatic nitrogens is 3. The predicted molar refractivity (Wildman–Crippen MR) is 101 cm³/mol. The van der Waals surface area contributed by atoms with Gasteiger partial charge < -0.3 is 9.30 Å². The van der Waals surface area contributed by atoms with Gasteiger partial charge in [-0.3, -0.25) is 14.3 Å². The summed E-state index contributed by atoms with van der Waals surface area (Å²) in [6.45, 7) is 2.15. The van der Waals surface area contributed by atoms with Crippen molar-refractivity contribution in [2.24, 2.45) is 10.1 Å². The van der Waals surface area contributed by atoms with Crippen LogP contribution < -0.4 is 9.94 Å². The molecule has 1 aromatic carbocycles. The number of thiazole rings is 1. The number of rotatable bonds is 5. The summed E-state index contributed by atoms with van der Waals surface area (Å²) >= 11 is 1.06. The molecule has 0 saturated carbocycles. The molecule has 0 spiro atoms. The number of ether oxygens (including phenoxy) is 1. The van der Waals surface area contributed by atoms with E-state index in [4.69, 9.17) is 9.88 Å². The fourth-order valence-corrected chi connectivity index (χ4v) is 4.25. The molecule has 12 heteroatoms. The zero-order chi connectivity index (χ0) is 20.5. The molecular formula is C16H17N5O5S2. The maximum atomic E-state index is 12.6. The normalized spacial score (nSPS) is 12.5. The zero-order valence-electron chi connectivity index (χ0n) is 15.0. The van der Waals surface area contributed by atoms with Crippen LogP contribution in [-0.4, -0.2) is 41.8 Å². The molecule has 1 amide bonds. The van der Waals surface area contributed by atoms with Crippen LogP contribution in [0.5, 0.6) is 0 Å². The van der Waals surface area contributed by atoms with Gasteiger partial charge in [-0.15, -0.1) is 0 Å². The van der Waals surface area contributed by atoms with E-state index >= 15 is 0 Å². The van der Waals surface area contributed by atoms with Gasteiger partial charge in [-0.2, -0.15) is 10.1 Å². The molecule has 10 nitrogen and oxygen atoms in total. The first-order valence-corrected chi connectivity index (χ1v) is 10.4. The van der Waals surface area contributed by atoms with Gasteiger partial charge in [-0.25, -0.2) is 13.6 Å². The van der Waals surface area contributed by atoms with Crippen molar-refractivity contribution in [3.63, 3.8) is 0 Å². The van der Waals surface area contributed by atoms with Crippen LogP contribution in [0.25, 0.3) is 10.2 Å². The van der Waals surface area contributed by atoms with E-state index in [0.29, 0.717) is 22.5 Å². The lowest BCUT2D eigenvalue weighted by molar-refractivity contribution is -0.141. The predicted octanol–water partition coefficient (Wildman–Crippen LogP) is 0.481. The maximum absolute atomic E-state index is 12.6. The molecule has 148 valence electrons. The summed E-state index contributed by atoms with van der Waals surface area (Å²) in [5.41, 5.74) is 0.827. The van der Waals surface area contributed by atoms with Crippen molar-refractivity contribution in [2.75, 3.05) is 7.11 Å². The van der Waals surface area contributed by atoms with Crippen molar-refractivity contribution in [3.8, 4) is 0 Å². The van der Waals surface area contributed by atoms with E-state index in [9.17, 15) is 18.0 Å². The quantitative estimate of drug-likeness (QED) is 0.592. The summed E-state index contributed by atoms with van der Waals surface area (Å²) in [5.74, 6) is -1.07. The third-order valence-corrected chi connectivity index (χ3v) is 5.88. The molecule has 28 heavy (non-hydrogen) atoms. The number of hydrogen-bond donors (Lipinski definition) is 1. The van der Waals surface area contributed by atoms with Crippen molar-refractivity contribution < 1.29 is 22.7 Å². The molecule has 0 bridgehead atoms. The second-order valence-corrected chi connectivity index (χ2v) is 8.24. The molecule has 2 N–H and O–H groups in total. The largest absolute Gasteiger partial charge is 0.468 e. The molecule has 0 saturated heterocycles. The summed E-state index contributed by atoms with van der Waals surface area (Å²) in [6, 6.07) is 5.76. The fraction of sp³-hybridized carbons (Fsp3) is 0.250. The monoisotopic (exact) mass is 423 g/mol. The Bertz CT molecular complexity index is 1240. The van der Waals surface area contributed by atoms with Gasteiger partial charge in [0.15, 0.2) is 4.80 Å². The molecule has 2 heterocycles. The molecule has 0 aliphatic rings. The number of hydrogen-bond acceptors (Lipinski definition) is 7. The number of amides is 1. The number of methoxy groups -OCH3 is 1. The van der Waals surface area contributed by atoms with Gasteiger partial charge >= 0.3 is 5.97 Å². The Balaban J connectivity index is 2.20. The summed E-state index contributed by atoms with van der Waals surface area (Å²) in [4.78, 5) is 28.7. The number of nitrogens with two attached hydrogens (primary N) is 1. The van der Waals surface area contributed by atoms with Crippen LogP contribution in [0.4, 0.5) is 0 Å². The highest BCUT2D eigenvalue weighted by atomic mass is 32.2. The Labute approximate surface area is 163 Å². The van der Waals surface area contributed by atoms with Crippen molar-refractivity contribution in [3.05, 3.63) is 41.0 Å². The first-order valence-electron chi connectivity index (χ1n) is 8.08.